The van der Waals surface area contributed by atoms with Crippen molar-refractivity contribution in [1.82, 2.24) is 9.97 Å². The zero-order valence-corrected chi connectivity index (χ0v) is 9.32. The Morgan fingerprint density at radius 2 is 2.20 bits per heavy atom. The predicted octanol–water partition coefficient (Wildman–Crippen LogP) is 1.55. The Labute approximate surface area is 91.7 Å². The molecular weight excluding hydrogens is 216 g/mol. The molecule has 0 fully saturated rings. The van der Waals surface area contributed by atoms with Gasteiger partial charge in [-0.2, -0.15) is 11.8 Å². The number of rotatable bonds is 5. The van der Waals surface area contributed by atoms with E-state index in [2.05, 4.69) is 22.2 Å². The van der Waals surface area contributed by atoms with Crippen molar-refractivity contribution in [3.8, 4) is 0 Å². The second-order valence-corrected chi connectivity index (χ2v) is 4.23. The molecule has 0 aliphatic rings. The summed E-state index contributed by atoms with van der Waals surface area (Å²) in [6.07, 6.45) is 4.40. The van der Waals surface area contributed by atoms with Crippen molar-refractivity contribution in [2.75, 3.05) is 18.1 Å². The third-order valence-corrected chi connectivity index (χ3v) is 2.77. The average Bonchev–Trinajstić information content (AvgIpc) is 2.26. The summed E-state index contributed by atoms with van der Waals surface area (Å²) in [4.78, 5) is 17.5. The first-order valence-electron chi connectivity index (χ1n) is 4.36. The maximum absolute atomic E-state index is 10.3. The normalized spacial score (nSPS) is 12.1. The van der Waals surface area contributed by atoms with Gasteiger partial charge in [0.25, 0.3) is 0 Å². The summed E-state index contributed by atoms with van der Waals surface area (Å²) < 4.78 is 0. The van der Waals surface area contributed by atoms with Crippen LogP contribution in [0.2, 0.25) is 0 Å². The third kappa shape index (κ3) is 3.70. The number of hydrogen-bond donors (Lipinski definition) is 1. The van der Waals surface area contributed by atoms with E-state index in [1.807, 2.05) is 6.26 Å². The SMILES string of the molecule is CSC(C)CNc1ncc([N+](=O)[O-])cn1. The first-order valence-corrected chi connectivity index (χ1v) is 5.65. The van der Waals surface area contributed by atoms with E-state index in [1.165, 1.54) is 12.4 Å². The predicted molar refractivity (Wildman–Crippen MR) is 60.2 cm³/mol. The molecule has 1 heterocycles. The van der Waals surface area contributed by atoms with E-state index in [-0.39, 0.29) is 5.69 Å². The van der Waals surface area contributed by atoms with Gasteiger partial charge in [-0.3, -0.25) is 10.1 Å². The molecule has 0 aliphatic carbocycles. The van der Waals surface area contributed by atoms with Gasteiger partial charge in [0.2, 0.25) is 5.95 Å². The number of anilines is 1. The van der Waals surface area contributed by atoms with Gasteiger partial charge in [-0.15, -0.1) is 0 Å². The first kappa shape index (κ1) is 11.7. The zero-order chi connectivity index (χ0) is 11.3. The van der Waals surface area contributed by atoms with Crippen LogP contribution in [0, 0.1) is 10.1 Å². The van der Waals surface area contributed by atoms with Crippen LogP contribution in [0.25, 0.3) is 0 Å². The van der Waals surface area contributed by atoms with Crippen LogP contribution in [-0.2, 0) is 0 Å². The van der Waals surface area contributed by atoms with Crippen LogP contribution < -0.4 is 5.32 Å². The smallest absolute Gasteiger partial charge is 0.305 e. The number of thioether (sulfide) groups is 1. The largest absolute Gasteiger partial charge is 0.353 e. The number of nitrogens with zero attached hydrogens (tertiary/aromatic N) is 3. The number of hydrogen-bond acceptors (Lipinski definition) is 6. The standard InChI is InChI=1S/C8H12N4O2S/c1-6(15-2)3-9-8-10-4-7(5-11-8)12(13)14/h4-6H,3H2,1-2H3,(H,9,10,11). The van der Waals surface area contributed by atoms with Crippen LogP contribution in [0.5, 0.6) is 0 Å². The van der Waals surface area contributed by atoms with E-state index in [0.29, 0.717) is 11.2 Å². The molecule has 15 heavy (non-hydrogen) atoms. The summed E-state index contributed by atoms with van der Waals surface area (Å²) in [7, 11) is 0. The lowest BCUT2D eigenvalue weighted by atomic mass is 10.5. The molecular formula is C8H12N4O2S. The molecule has 0 spiro atoms. The Hall–Kier alpha value is -1.37. The van der Waals surface area contributed by atoms with Gasteiger partial charge < -0.3 is 5.32 Å². The summed E-state index contributed by atoms with van der Waals surface area (Å²) in [5.74, 6) is 0.418. The van der Waals surface area contributed by atoms with Gasteiger partial charge in [-0.25, -0.2) is 9.97 Å². The molecule has 1 aromatic rings. The zero-order valence-electron chi connectivity index (χ0n) is 8.51. The van der Waals surface area contributed by atoms with Gasteiger partial charge in [-0.1, -0.05) is 6.92 Å². The molecule has 0 bridgehead atoms. The minimum Gasteiger partial charge on any atom is -0.353 e. The summed E-state index contributed by atoms with van der Waals surface area (Å²) in [5.41, 5.74) is -0.0986. The molecule has 1 aromatic heterocycles. The van der Waals surface area contributed by atoms with Crippen molar-refractivity contribution in [2.24, 2.45) is 0 Å². The molecule has 0 saturated heterocycles. The Bertz CT molecular complexity index is 330. The van der Waals surface area contributed by atoms with Crippen molar-refractivity contribution in [3.05, 3.63) is 22.5 Å². The van der Waals surface area contributed by atoms with Gasteiger partial charge in [0, 0.05) is 11.8 Å². The maximum Gasteiger partial charge on any atom is 0.305 e. The quantitative estimate of drug-likeness (QED) is 0.608. The Morgan fingerprint density at radius 1 is 1.60 bits per heavy atom. The van der Waals surface area contributed by atoms with Crippen LogP contribution in [0.4, 0.5) is 11.6 Å². The molecule has 0 amide bonds. The second-order valence-electron chi connectivity index (χ2n) is 2.95. The van der Waals surface area contributed by atoms with Gasteiger partial charge >= 0.3 is 5.69 Å². The summed E-state index contributed by atoms with van der Waals surface area (Å²) in [5, 5.41) is 13.8. The Balaban J connectivity index is 2.53. The average molecular weight is 228 g/mol. The van der Waals surface area contributed by atoms with Crippen molar-refractivity contribution >= 4 is 23.4 Å². The van der Waals surface area contributed by atoms with Gasteiger partial charge in [0.15, 0.2) is 0 Å². The Kier molecular flexibility index (Phi) is 4.29. The maximum atomic E-state index is 10.3. The topological polar surface area (TPSA) is 81.0 Å². The van der Waals surface area contributed by atoms with Crippen molar-refractivity contribution in [2.45, 2.75) is 12.2 Å². The minimum absolute atomic E-state index is 0.0986. The van der Waals surface area contributed by atoms with E-state index < -0.39 is 4.92 Å². The molecule has 7 heteroatoms. The molecule has 0 radical (unpaired) electrons. The van der Waals surface area contributed by atoms with E-state index in [1.54, 1.807) is 11.8 Å². The third-order valence-electron chi connectivity index (χ3n) is 1.80. The van der Waals surface area contributed by atoms with E-state index in [0.717, 1.165) is 6.54 Å². The highest BCUT2D eigenvalue weighted by molar-refractivity contribution is 7.99. The molecule has 0 saturated carbocycles. The number of nitro groups is 1. The molecule has 1 unspecified atom stereocenters. The fourth-order valence-electron chi connectivity index (χ4n) is 0.825. The molecule has 1 atom stereocenters. The highest BCUT2D eigenvalue weighted by Crippen LogP contribution is 2.09. The lowest BCUT2D eigenvalue weighted by Crippen LogP contribution is -2.14. The lowest BCUT2D eigenvalue weighted by molar-refractivity contribution is -0.385. The van der Waals surface area contributed by atoms with Crippen molar-refractivity contribution < 1.29 is 4.92 Å². The van der Waals surface area contributed by atoms with Crippen LogP contribution in [0.1, 0.15) is 6.92 Å². The second kappa shape index (κ2) is 5.50. The molecule has 1 rings (SSSR count). The van der Waals surface area contributed by atoms with Gasteiger partial charge in [-0.05, 0) is 6.26 Å². The molecule has 0 aliphatic heterocycles. The lowest BCUT2D eigenvalue weighted by Gasteiger charge is -2.08. The van der Waals surface area contributed by atoms with Gasteiger partial charge in [0.05, 0.1) is 4.92 Å². The van der Waals surface area contributed by atoms with Gasteiger partial charge in [0.1, 0.15) is 12.4 Å². The van der Waals surface area contributed by atoms with Crippen molar-refractivity contribution in [3.63, 3.8) is 0 Å². The molecule has 1 N–H and O–H groups in total. The van der Waals surface area contributed by atoms with Crippen LogP contribution in [-0.4, -0.2) is 32.9 Å². The molecule has 0 aromatic carbocycles. The van der Waals surface area contributed by atoms with E-state index in [9.17, 15) is 10.1 Å². The van der Waals surface area contributed by atoms with Crippen LogP contribution in [0.15, 0.2) is 12.4 Å². The summed E-state index contributed by atoms with van der Waals surface area (Å²) in [6.45, 7) is 2.81. The van der Waals surface area contributed by atoms with E-state index >= 15 is 0 Å². The first-order chi connectivity index (χ1) is 7.13. The minimum atomic E-state index is -0.520. The van der Waals surface area contributed by atoms with Crippen molar-refractivity contribution in [1.29, 1.82) is 0 Å². The summed E-state index contributed by atoms with van der Waals surface area (Å²) >= 11 is 1.73. The number of nitrogens with one attached hydrogen (secondary N) is 1. The highest BCUT2D eigenvalue weighted by atomic mass is 32.2. The summed E-state index contributed by atoms with van der Waals surface area (Å²) in [6, 6.07) is 0. The van der Waals surface area contributed by atoms with Crippen LogP contribution >= 0.6 is 11.8 Å². The fraction of sp³-hybridized carbons (Fsp3) is 0.500. The Morgan fingerprint density at radius 3 is 2.67 bits per heavy atom. The highest BCUT2D eigenvalue weighted by Gasteiger charge is 2.06. The molecule has 6 nitrogen and oxygen atoms in total. The molecule has 82 valence electrons. The van der Waals surface area contributed by atoms with E-state index in [4.69, 9.17) is 0 Å². The number of aromatic nitrogens is 2. The fourth-order valence-corrected chi connectivity index (χ4v) is 1.08. The monoisotopic (exact) mass is 228 g/mol. The van der Waals surface area contributed by atoms with Crippen LogP contribution in [0.3, 0.4) is 0 Å².